The number of nitrogens with one attached hydrogen (secondary N) is 2. The minimum atomic E-state index is -3.71. The quantitative estimate of drug-likeness (QED) is 0.735. The van der Waals surface area contributed by atoms with Crippen LogP contribution < -0.4 is 15.3 Å². The maximum Gasteiger partial charge on any atom is 0.304 e. The number of hydrogen-bond donors (Lipinski definition) is 3. The van der Waals surface area contributed by atoms with E-state index >= 15 is 0 Å². The fraction of sp³-hybridized carbons (Fsp3) is 0.250. The molecule has 4 N–H and O–H groups in total. The smallest absolute Gasteiger partial charge is 0.304 e. The number of anilines is 1. The minimum Gasteiger partial charge on any atom is -0.398 e. The first-order chi connectivity index (χ1) is 9.29. The number of thiazole rings is 1. The van der Waals surface area contributed by atoms with Crippen LogP contribution in [0.1, 0.15) is 16.8 Å². The molecule has 0 radical (unpaired) electrons. The second kappa shape index (κ2) is 5.39. The lowest BCUT2D eigenvalue weighted by molar-refractivity contribution is 0.581. The Morgan fingerprint density at radius 2 is 1.95 bits per heavy atom. The van der Waals surface area contributed by atoms with Crippen molar-refractivity contribution in [1.29, 1.82) is 0 Å². The molecule has 0 bridgehead atoms. The first-order valence-corrected chi connectivity index (χ1v) is 8.19. The number of sulfonamides is 1. The zero-order valence-corrected chi connectivity index (χ0v) is 12.7. The van der Waals surface area contributed by atoms with Gasteiger partial charge in [-0.15, -0.1) is 0 Å². The Hall–Kier alpha value is -1.64. The molecule has 0 aliphatic rings. The Labute approximate surface area is 120 Å². The summed E-state index contributed by atoms with van der Waals surface area (Å²) >= 11 is 0.988. The first-order valence-electron chi connectivity index (χ1n) is 5.82. The average Bonchev–Trinajstić information content (AvgIpc) is 2.77. The standard InChI is InChI=1S/C12H15N3O3S2/c1-7-3-10(13)11(4-8(7)2)20(17,18)14-5-9-6-19-12(16)15-9/h3-4,6,14H,5,13H2,1-2H3,(H,15,16). The Kier molecular flexibility index (Phi) is 3.98. The van der Waals surface area contributed by atoms with E-state index in [1.807, 2.05) is 13.8 Å². The molecule has 0 atom stereocenters. The molecule has 0 saturated heterocycles. The van der Waals surface area contributed by atoms with Gasteiger partial charge in [0, 0.05) is 11.1 Å². The van der Waals surface area contributed by atoms with Crippen molar-refractivity contribution in [2.45, 2.75) is 25.3 Å². The lowest BCUT2D eigenvalue weighted by Crippen LogP contribution is -2.24. The Balaban J connectivity index is 2.26. The number of nitrogens with two attached hydrogens (primary N) is 1. The Morgan fingerprint density at radius 3 is 2.55 bits per heavy atom. The number of aromatic amines is 1. The molecule has 0 amide bonds. The Bertz CT molecular complexity index is 791. The highest BCUT2D eigenvalue weighted by Crippen LogP contribution is 2.22. The van der Waals surface area contributed by atoms with Gasteiger partial charge < -0.3 is 10.7 Å². The van der Waals surface area contributed by atoms with E-state index in [1.165, 1.54) is 0 Å². The lowest BCUT2D eigenvalue weighted by Gasteiger charge is -2.11. The van der Waals surface area contributed by atoms with Gasteiger partial charge in [-0.2, -0.15) is 0 Å². The van der Waals surface area contributed by atoms with Crippen molar-refractivity contribution < 1.29 is 8.42 Å². The van der Waals surface area contributed by atoms with Crippen molar-refractivity contribution in [3.8, 4) is 0 Å². The highest BCUT2D eigenvalue weighted by Gasteiger charge is 2.18. The molecule has 0 saturated carbocycles. The number of aryl methyl sites for hydroxylation is 2. The summed E-state index contributed by atoms with van der Waals surface area (Å²) in [6.07, 6.45) is 0. The third-order valence-electron chi connectivity index (χ3n) is 2.94. The number of benzene rings is 1. The molecule has 2 rings (SSSR count). The van der Waals surface area contributed by atoms with Crippen molar-refractivity contribution >= 4 is 27.0 Å². The second-order valence-electron chi connectivity index (χ2n) is 4.47. The number of nitrogen functional groups attached to an aromatic ring is 1. The minimum absolute atomic E-state index is 0.0213. The summed E-state index contributed by atoms with van der Waals surface area (Å²) < 4.78 is 26.9. The monoisotopic (exact) mass is 313 g/mol. The van der Waals surface area contributed by atoms with Crippen LogP contribution in [0.25, 0.3) is 0 Å². The van der Waals surface area contributed by atoms with E-state index in [0.717, 1.165) is 22.5 Å². The van der Waals surface area contributed by atoms with Crippen LogP contribution in [0.5, 0.6) is 0 Å². The SMILES string of the molecule is Cc1cc(N)c(S(=O)(=O)NCc2csc(=O)[nH]2)cc1C. The lowest BCUT2D eigenvalue weighted by atomic mass is 10.1. The topological polar surface area (TPSA) is 105 Å². The van der Waals surface area contributed by atoms with E-state index in [-0.39, 0.29) is 22.0 Å². The number of aromatic nitrogens is 1. The molecular weight excluding hydrogens is 298 g/mol. The molecule has 1 heterocycles. The number of rotatable bonds is 4. The number of hydrogen-bond acceptors (Lipinski definition) is 5. The van der Waals surface area contributed by atoms with Crippen LogP contribution in [0.4, 0.5) is 5.69 Å². The molecule has 0 unspecified atom stereocenters. The molecule has 2 aromatic rings. The maximum absolute atomic E-state index is 12.2. The second-order valence-corrected chi connectivity index (χ2v) is 7.05. The van der Waals surface area contributed by atoms with Gasteiger partial charge in [-0.05, 0) is 37.1 Å². The number of H-pyrrole nitrogens is 1. The molecule has 8 heteroatoms. The molecule has 108 valence electrons. The summed E-state index contributed by atoms with van der Waals surface area (Å²) in [6.45, 7) is 3.71. The van der Waals surface area contributed by atoms with Gasteiger partial charge >= 0.3 is 4.87 Å². The van der Waals surface area contributed by atoms with E-state index < -0.39 is 10.0 Å². The van der Waals surface area contributed by atoms with Crippen LogP contribution in [-0.2, 0) is 16.6 Å². The molecule has 0 aliphatic carbocycles. The molecular formula is C12H15N3O3S2. The van der Waals surface area contributed by atoms with Gasteiger partial charge in [-0.25, -0.2) is 13.1 Å². The highest BCUT2D eigenvalue weighted by atomic mass is 32.2. The molecule has 6 nitrogen and oxygen atoms in total. The molecule has 0 aliphatic heterocycles. The Morgan fingerprint density at radius 1 is 1.30 bits per heavy atom. The van der Waals surface area contributed by atoms with Gasteiger partial charge in [0.05, 0.1) is 12.2 Å². The summed E-state index contributed by atoms with van der Waals surface area (Å²) in [5.74, 6) is 0. The largest absolute Gasteiger partial charge is 0.398 e. The van der Waals surface area contributed by atoms with Crippen molar-refractivity contribution in [3.63, 3.8) is 0 Å². The van der Waals surface area contributed by atoms with Gasteiger partial charge in [-0.1, -0.05) is 11.3 Å². The molecule has 1 aromatic carbocycles. The fourth-order valence-corrected chi connectivity index (χ4v) is 3.48. The van der Waals surface area contributed by atoms with Crippen LogP contribution in [-0.4, -0.2) is 13.4 Å². The van der Waals surface area contributed by atoms with Crippen molar-refractivity contribution in [2.24, 2.45) is 0 Å². The van der Waals surface area contributed by atoms with Gasteiger partial charge in [0.1, 0.15) is 4.90 Å². The molecule has 1 aromatic heterocycles. The maximum atomic E-state index is 12.2. The van der Waals surface area contributed by atoms with Gasteiger partial charge in [0.25, 0.3) is 0 Å². The molecule has 0 fully saturated rings. The molecule has 0 spiro atoms. The van der Waals surface area contributed by atoms with E-state index in [4.69, 9.17) is 5.73 Å². The van der Waals surface area contributed by atoms with Crippen LogP contribution in [0.3, 0.4) is 0 Å². The first kappa shape index (κ1) is 14.8. The van der Waals surface area contributed by atoms with Gasteiger partial charge in [-0.3, -0.25) is 4.79 Å². The van der Waals surface area contributed by atoms with Crippen LogP contribution in [0, 0.1) is 13.8 Å². The third kappa shape index (κ3) is 3.09. The summed E-state index contributed by atoms with van der Waals surface area (Å²) in [4.78, 5) is 13.4. The highest BCUT2D eigenvalue weighted by molar-refractivity contribution is 7.89. The predicted octanol–water partition coefficient (Wildman–Crippen LogP) is 1.11. The summed E-state index contributed by atoms with van der Waals surface area (Å²) in [7, 11) is -3.71. The van der Waals surface area contributed by atoms with E-state index in [0.29, 0.717) is 5.69 Å². The summed E-state index contributed by atoms with van der Waals surface area (Å²) in [5.41, 5.74) is 8.29. The van der Waals surface area contributed by atoms with E-state index in [9.17, 15) is 13.2 Å². The summed E-state index contributed by atoms with van der Waals surface area (Å²) in [5, 5.41) is 1.58. The van der Waals surface area contributed by atoms with Crippen LogP contribution in [0.15, 0.2) is 27.2 Å². The van der Waals surface area contributed by atoms with Crippen LogP contribution in [0.2, 0.25) is 0 Å². The van der Waals surface area contributed by atoms with Crippen LogP contribution >= 0.6 is 11.3 Å². The third-order valence-corrected chi connectivity index (χ3v) is 5.11. The average molecular weight is 313 g/mol. The van der Waals surface area contributed by atoms with E-state index in [2.05, 4.69) is 9.71 Å². The zero-order chi connectivity index (χ0) is 14.9. The van der Waals surface area contributed by atoms with Crippen molar-refractivity contribution in [1.82, 2.24) is 9.71 Å². The molecule has 20 heavy (non-hydrogen) atoms. The van der Waals surface area contributed by atoms with Gasteiger partial charge in [0.2, 0.25) is 10.0 Å². The van der Waals surface area contributed by atoms with Gasteiger partial charge in [0.15, 0.2) is 0 Å². The zero-order valence-electron chi connectivity index (χ0n) is 11.1. The summed E-state index contributed by atoms with van der Waals surface area (Å²) in [6, 6.07) is 3.18. The van der Waals surface area contributed by atoms with Crippen molar-refractivity contribution in [2.75, 3.05) is 5.73 Å². The van der Waals surface area contributed by atoms with E-state index in [1.54, 1.807) is 17.5 Å². The van der Waals surface area contributed by atoms with Crippen molar-refractivity contribution in [3.05, 3.63) is 44.0 Å². The fourth-order valence-electron chi connectivity index (χ4n) is 1.70. The normalized spacial score (nSPS) is 11.7. The predicted molar refractivity (Wildman–Crippen MR) is 79.3 cm³/mol.